The third kappa shape index (κ3) is 3.45. The molecule has 0 bridgehead atoms. The van der Waals surface area contributed by atoms with Crippen molar-refractivity contribution in [2.24, 2.45) is 0 Å². The molecule has 0 fully saturated rings. The minimum atomic E-state index is -0.513. The molecule has 2 aromatic carbocycles. The van der Waals surface area contributed by atoms with E-state index in [0.29, 0.717) is 33.4 Å². The number of thioether (sulfide) groups is 1. The van der Waals surface area contributed by atoms with Crippen LogP contribution in [0.15, 0.2) is 59.1 Å². The van der Waals surface area contributed by atoms with E-state index in [2.05, 4.69) is 15.3 Å². The van der Waals surface area contributed by atoms with Gasteiger partial charge in [-0.15, -0.1) is 11.3 Å². The molecule has 0 saturated carbocycles. The molecule has 1 atom stereocenters. The van der Waals surface area contributed by atoms with Crippen molar-refractivity contribution < 1.29 is 14.4 Å². The Bertz CT molecular complexity index is 1430. The van der Waals surface area contributed by atoms with Crippen molar-refractivity contribution in [3.05, 3.63) is 76.2 Å². The van der Waals surface area contributed by atoms with Crippen LogP contribution < -0.4 is 11.1 Å². The van der Waals surface area contributed by atoms with Gasteiger partial charge < -0.3 is 11.1 Å². The molecule has 0 radical (unpaired) electrons. The van der Waals surface area contributed by atoms with Gasteiger partial charge in [-0.3, -0.25) is 14.4 Å². The second-order valence-electron chi connectivity index (χ2n) is 7.24. The molecule has 2 aromatic heterocycles. The fourth-order valence-corrected chi connectivity index (χ4v) is 5.15. The molecular weight excluding hydrogens is 444 g/mol. The number of nitrogens with two attached hydrogens (primary N) is 1. The lowest BCUT2D eigenvalue weighted by Crippen LogP contribution is -2.24. The minimum absolute atomic E-state index is 0.198. The standard InChI is InChI=1S/C23H16N4O3S2/c1-11(32-23-26-20(24)16-8-9-31-22(16)27-23)21(30)25-12-6-7-15-17(10-12)19(29)14-5-3-2-4-13(14)18(15)28/h2-11H,1H3,(H,25,30)(H2,24,26,27). The van der Waals surface area contributed by atoms with Gasteiger partial charge in [0.2, 0.25) is 5.91 Å². The molecule has 2 heterocycles. The number of hydrogen-bond acceptors (Lipinski definition) is 8. The quantitative estimate of drug-likeness (QED) is 0.305. The number of anilines is 2. The van der Waals surface area contributed by atoms with Crippen LogP contribution in [0, 0.1) is 0 Å². The van der Waals surface area contributed by atoms with E-state index in [1.54, 1.807) is 49.4 Å². The van der Waals surface area contributed by atoms with E-state index in [4.69, 9.17) is 5.73 Å². The van der Waals surface area contributed by atoms with Crippen LogP contribution >= 0.6 is 23.1 Å². The molecule has 158 valence electrons. The molecule has 7 nitrogen and oxygen atoms in total. The van der Waals surface area contributed by atoms with Crippen LogP contribution in [0.25, 0.3) is 10.2 Å². The molecule has 1 aliphatic rings. The Labute approximate surface area is 191 Å². The number of amides is 1. The number of fused-ring (bicyclic) bond motifs is 3. The van der Waals surface area contributed by atoms with Gasteiger partial charge in [0.25, 0.3) is 0 Å². The first-order valence-corrected chi connectivity index (χ1v) is 11.5. The molecule has 4 aromatic rings. The summed E-state index contributed by atoms with van der Waals surface area (Å²) < 4.78 is 0. The van der Waals surface area contributed by atoms with Gasteiger partial charge in [-0.05, 0) is 36.6 Å². The molecule has 1 amide bonds. The van der Waals surface area contributed by atoms with Crippen LogP contribution in [0.1, 0.15) is 38.8 Å². The lowest BCUT2D eigenvalue weighted by molar-refractivity contribution is -0.115. The van der Waals surface area contributed by atoms with Crippen LogP contribution in [0.5, 0.6) is 0 Å². The number of nitrogens with one attached hydrogen (secondary N) is 1. The van der Waals surface area contributed by atoms with E-state index in [0.717, 1.165) is 10.2 Å². The summed E-state index contributed by atoms with van der Waals surface area (Å²) in [6.07, 6.45) is 0. The molecule has 0 spiro atoms. The lowest BCUT2D eigenvalue weighted by Gasteiger charge is -2.18. The van der Waals surface area contributed by atoms with Crippen molar-refractivity contribution in [3.63, 3.8) is 0 Å². The molecule has 32 heavy (non-hydrogen) atoms. The summed E-state index contributed by atoms with van der Waals surface area (Å²) in [6, 6.07) is 13.4. The number of carbonyl (C=O) groups is 3. The van der Waals surface area contributed by atoms with Gasteiger partial charge in [-0.2, -0.15) is 0 Å². The summed E-state index contributed by atoms with van der Waals surface area (Å²) in [5, 5.41) is 5.40. The third-order valence-electron chi connectivity index (χ3n) is 5.18. The third-order valence-corrected chi connectivity index (χ3v) is 6.95. The summed E-state index contributed by atoms with van der Waals surface area (Å²) in [5.74, 6) is -0.333. The number of carbonyl (C=O) groups excluding carboxylic acids is 3. The first-order chi connectivity index (χ1) is 15.4. The van der Waals surface area contributed by atoms with Gasteiger partial charge >= 0.3 is 0 Å². The highest BCUT2D eigenvalue weighted by Crippen LogP contribution is 2.31. The average molecular weight is 461 g/mol. The highest BCUT2D eigenvalue weighted by Gasteiger charge is 2.29. The molecule has 0 aliphatic heterocycles. The maximum absolute atomic E-state index is 12.9. The molecule has 9 heteroatoms. The predicted molar refractivity (Wildman–Crippen MR) is 126 cm³/mol. The molecule has 1 aliphatic carbocycles. The zero-order valence-corrected chi connectivity index (χ0v) is 18.4. The predicted octanol–water partition coefficient (Wildman–Crippen LogP) is 4.17. The molecular formula is C23H16N4O3S2. The zero-order chi connectivity index (χ0) is 22.4. The number of aromatic nitrogens is 2. The number of nitrogen functional groups attached to an aromatic ring is 1. The fourth-order valence-electron chi connectivity index (χ4n) is 3.54. The summed E-state index contributed by atoms with van der Waals surface area (Å²) in [6.45, 7) is 1.74. The van der Waals surface area contributed by atoms with Gasteiger partial charge in [0, 0.05) is 27.9 Å². The number of benzene rings is 2. The van der Waals surface area contributed by atoms with Gasteiger partial charge in [0.05, 0.1) is 10.6 Å². The number of ketones is 2. The number of rotatable bonds is 4. The van der Waals surface area contributed by atoms with Gasteiger partial charge in [-0.1, -0.05) is 36.0 Å². The van der Waals surface area contributed by atoms with Crippen LogP contribution in [-0.2, 0) is 4.79 Å². The van der Waals surface area contributed by atoms with Crippen molar-refractivity contribution in [1.29, 1.82) is 0 Å². The number of thiophene rings is 1. The topological polar surface area (TPSA) is 115 Å². The second kappa shape index (κ2) is 7.85. The Morgan fingerprint density at radius 3 is 2.44 bits per heavy atom. The molecule has 3 N–H and O–H groups in total. The van der Waals surface area contributed by atoms with Crippen LogP contribution in [-0.4, -0.2) is 32.7 Å². The number of nitrogens with zero attached hydrogens (tertiary/aromatic N) is 2. The summed E-state index contributed by atoms with van der Waals surface area (Å²) in [5.41, 5.74) is 7.81. The monoisotopic (exact) mass is 460 g/mol. The average Bonchev–Trinajstić information content (AvgIpc) is 3.26. The minimum Gasteiger partial charge on any atom is -0.383 e. The molecule has 0 saturated heterocycles. The van der Waals surface area contributed by atoms with E-state index in [9.17, 15) is 14.4 Å². The van der Waals surface area contributed by atoms with Gasteiger partial charge in [-0.25, -0.2) is 9.97 Å². The van der Waals surface area contributed by atoms with Crippen LogP contribution in [0.4, 0.5) is 11.5 Å². The van der Waals surface area contributed by atoms with E-state index >= 15 is 0 Å². The Morgan fingerprint density at radius 2 is 1.69 bits per heavy atom. The fraction of sp³-hybridized carbons (Fsp3) is 0.0870. The first kappa shape index (κ1) is 20.3. The van der Waals surface area contributed by atoms with Crippen molar-refractivity contribution in [1.82, 2.24) is 9.97 Å². The second-order valence-corrected chi connectivity index (χ2v) is 9.45. The Hall–Kier alpha value is -3.56. The Morgan fingerprint density at radius 1 is 1.00 bits per heavy atom. The highest BCUT2D eigenvalue weighted by molar-refractivity contribution is 8.00. The summed E-state index contributed by atoms with van der Waals surface area (Å²) in [7, 11) is 0. The van der Waals surface area contributed by atoms with Crippen molar-refractivity contribution in [3.8, 4) is 0 Å². The van der Waals surface area contributed by atoms with Crippen molar-refractivity contribution >= 4 is 62.3 Å². The maximum atomic E-state index is 12.9. The highest BCUT2D eigenvalue weighted by atomic mass is 32.2. The van der Waals surface area contributed by atoms with Crippen LogP contribution in [0.2, 0.25) is 0 Å². The Kier molecular flexibility index (Phi) is 4.99. The van der Waals surface area contributed by atoms with Gasteiger partial charge in [0.15, 0.2) is 16.7 Å². The summed E-state index contributed by atoms with van der Waals surface area (Å²) in [4.78, 5) is 47.9. The van der Waals surface area contributed by atoms with Crippen molar-refractivity contribution in [2.75, 3.05) is 11.1 Å². The van der Waals surface area contributed by atoms with Crippen molar-refractivity contribution in [2.45, 2.75) is 17.3 Å². The smallest absolute Gasteiger partial charge is 0.237 e. The normalized spacial score (nSPS) is 13.5. The van der Waals surface area contributed by atoms with Crippen LogP contribution in [0.3, 0.4) is 0 Å². The number of hydrogen-bond donors (Lipinski definition) is 2. The van der Waals surface area contributed by atoms with E-state index in [1.165, 1.54) is 23.1 Å². The first-order valence-electron chi connectivity index (χ1n) is 9.73. The maximum Gasteiger partial charge on any atom is 0.237 e. The zero-order valence-electron chi connectivity index (χ0n) is 16.8. The van der Waals surface area contributed by atoms with E-state index in [1.807, 2.05) is 11.4 Å². The van der Waals surface area contributed by atoms with E-state index < -0.39 is 5.25 Å². The summed E-state index contributed by atoms with van der Waals surface area (Å²) >= 11 is 2.65. The SMILES string of the molecule is CC(Sc1nc(N)c2ccsc2n1)C(=O)Nc1ccc2c(c1)C(=O)c1ccccc1C2=O. The molecule has 1 unspecified atom stereocenters. The lowest BCUT2D eigenvalue weighted by atomic mass is 9.84. The van der Waals surface area contributed by atoms with E-state index in [-0.39, 0.29) is 23.0 Å². The Balaban J connectivity index is 1.35. The van der Waals surface area contributed by atoms with Gasteiger partial charge in [0.1, 0.15) is 10.6 Å². The molecule has 5 rings (SSSR count). The largest absolute Gasteiger partial charge is 0.383 e.